The molecule has 0 aromatic carbocycles. The number of hydrogen-bond acceptors (Lipinski definition) is 4. The van der Waals surface area contributed by atoms with Crippen LogP contribution in [0, 0.1) is 0 Å². The summed E-state index contributed by atoms with van der Waals surface area (Å²) in [6.07, 6.45) is 3.21. The molecule has 0 N–H and O–H groups in total. The van der Waals surface area contributed by atoms with E-state index in [0.29, 0.717) is 11.7 Å². The number of unbranched alkanes of at least 4 members (excludes halogenated alkanes) is 1. The SMILES string of the molecule is CCCCOCCCn1nnnc1CCl. The normalized spacial score (nSPS) is 10.8. The molecule has 0 saturated carbocycles. The van der Waals surface area contributed by atoms with Crippen molar-refractivity contribution >= 4 is 11.6 Å². The summed E-state index contributed by atoms with van der Waals surface area (Å²) in [7, 11) is 0. The van der Waals surface area contributed by atoms with E-state index in [0.717, 1.165) is 32.6 Å². The van der Waals surface area contributed by atoms with Crippen LogP contribution in [-0.4, -0.2) is 33.4 Å². The predicted molar refractivity (Wildman–Crippen MR) is 57.7 cm³/mol. The summed E-state index contributed by atoms with van der Waals surface area (Å²) in [6, 6.07) is 0. The Hall–Kier alpha value is -0.680. The second kappa shape index (κ2) is 7.59. The maximum absolute atomic E-state index is 5.66. The minimum Gasteiger partial charge on any atom is -0.381 e. The Kier molecular flexibility index (Phi) is 6.27. The standard InChI is InChI=1S/C9H17ClN4O/c1-2-3-6-15-7-4-5-14-9(8-10)11-12-13-14/h2-8H2,1H3. The van der Waals surface area contributed by atoms with Gasteiger partial charge in [-0.25, -0.2) is 4.68 Å². The van der Waals surface area contributed by atoms with E-state index >= 15 is 0 Å². The maximum Gasteiger partial charge on any atom is 0.165 e. The van der Waals surface area contributed by atoms with E-state index < -0.39 is 0 Å². The van der Waals surface area contributed by atoms with Crippen molar-refractivity contribution in [3.8, 4) is 0 Å². The molecule has 0 aliphatic heterocycles. The van der Waals surface area contributed by atoms with E-state index in [1.807, 2.05) is 0 Å². The first kappa shape index (κ1) is 12.4. The van der Waals surface area contributed by atoms with Crippen LogP contribution >= 0.6 is 11.6 Å². The Bertz CT molecular complexity index is 266. The molecule has 0 aliphatic carbocycles. The molecule has 0 aliphatic rings. The van der Waals surface area contributed by atoms with Crippen molar-refractivity contribution in [2.24, 2.45) is 0 Å². The van der Waals surface area contributed by atoms with Crippen molar-refractivity contribution in [2.45, 2.75) is 38.6 Å². The highest BCUT2D eigenvalue weighted by Crippen LogP contribution is 1.99. The number of tetrazole rings is 1. The fourth-order valence-corrected chi connectivity index (χ4v) is 1.35. The highest BCUT2D eigenvalue weighted by atomic mass is 35.5. The van der Waals surface area contributed by atoms with Crippen LogP contribution in [0.4, 0.5) is 0 Å². The molecule has 6 heteroatoms. The Labute approximate surface area is 94.8 Å². The fourth-order valence-electron chi connectivity index (χ4n) is 1.16. The Morgan fingerprint density at radius 3 is 2.87 bits per heavy atom. The molecule has 1 aromatic rings. The average Bonchev–Trinajstić information content (AvgIpc) is 2.70. The average molecular weight is 233 g/mol. The molecule has 0 bridgehead atoms. The van der Waals surface area contributed by atoms with Gasteiger partial charge < -0.3 is 4.74 Å². The zero-order chi connectivity index (χ0) is 10.9. The second-order valence-corrected chi connectivity index (χ2v) is 3.54. The van der Waals surface area contributed by atoms with E-state index in [9.17, 15) is 0 Å². The van der Waals surface area contributed by atoms with Gasteiger partial charge >= 0.3 is 0 Å². The van der Waals surface area contributed by atoms with Crippen molar-refractivity contribution in [2.75, 3.05) is 13.2 Å². The molecule has 0 saturated heterocycles. The van der Waals surface area contributed by atoms with Crippen LogP contribution in [0.2, 0.25) is 0 Å². The van der Waals surface area contributed by atoms with Gasteiger partial charge in [-0.1, -0.05) is 13.3 Å². The molecule has 0 atom stereocenters. The molecule has 1 rings (SSSR count). The predicted octanol–water partition coefficient (Wildman–Crippen LogP) is 1.62. The quantitative estimate of drug-likeness (QED) is 0.505. The number of hydrogen-bond donors (Lipinski definition) is 0. The summed E-state index contributed by atoms with van der Waals surface area (Å²) >= 11 is 5.66. The van der Waals surface area contributed by atoms with Crippen LogP contribution in [0.15, 0.2) is 0 Å². The van der Waals surface area contributed by atoms with E-state index in [1.165, 1.54) is 6.42 Å². The first-order chi connectivity index (χ1) is 7.38. The molecule has 0 radical (unpaired) electrons. The van der Waals surface area contributed by atoms with Gasteiger partial charge in [-0.15, -0.1) is 16.7 Å². The largest absolute Gasteiger partial charge is 0.381 e. The molecule has 0 unspecified atom stereocenters. The van der Waals surface area contributed by atoms with Crippen LogP contribution in [0.25, 0.3) is 0 Å². The molecular weight excluding hydrogens is 216 g/mol. The van der Waals surface area contributed by atoms with Gasteiger partial charge in [-0.2, -0.15) is 0 Å². The maximum atomic E-state index is 5.66. The zero-order valence-corrected chi connectivity index (χ0v) is 9.78. The van der Waals surface area contributed by atoms with Gasteiger partial charge in [0.2, 0.25) is 0 Å². The van der Waals surface area contributed by atoms with Crippen molar-refractivity contribution < 1.29 is 4.74 Å². The van der Waals surface area contributed by atoms with Gasteiger partial charge in [-0.3, -0.25) is 0 Å². The molecule has 86 valence electrons. The molecule has 0 amide bonds. The summed E-state index contributed by atoms with van der Waals surface area (Å²) in [6.45, 7) is 4.51. The Morgan fingerprint density at radius 2 is 2.13 bits per heavy atom. The number of halogens is 1. The monoisotopic (exact) mass is 232 g/mol. The minimum absolute atomic E-state index is 0.351. The third-order valence-corrected chi connectivity index (χ3v) is 2.27. The molecule has 1 heterocycles. The highest BCUT2D eigenvalue weighted by Gasteiger charge is 2.02. The zero-order valence-electron chi connectivity index (χ0n) is 9.02. The third-order valence-electron chi connectivity index (χ3n) is 2.03. The van der Waals surface area contributed by atoms with Crippen molar-refractivity contribution in [1.29, 1.82) is 0 Å². The first-order valence-corrected chi connectivity index (χ1v) is 5.80. The summed E-state index contributed by atoms with van der Waals surface area (Å²) in [5.74, 6) is 1.06. The molecular formula is C9H17ClN4O. The highest BCUT2D eigenvalue weighted by molar-refractivity contribution is 6.16. The van der Waals surface area contributed by atoms with Gasteiger partial charge in [0.15, 0.2) is 5.82 Å². The fraction of sp³-hybridized carbons (Fsp3) is 0.889. The van der Waals surface area contributed by atoms with Gasteiger partial charge in [-0.05, 0) is 23.3 Å². The van der Waals surface area contributed by atoms with E-state index in [-0.39, 0.29) is 0 Å². The number of alkyl halides is 1. The van der Waals surface area contributed by atoms with Gasteiger partial charge in [0.25, 0.3) is 0 Å². The third kappa shape index (κ3) is 4.57. The lowest BCUT2D eigenvalue weighted by atomic mass is 10.4. The Morgan fingerprint density at radius 1 is 1.33 bits per heavy atom. The lowest BCUT2D eigenvalue weighted by Crippen LogP contribution is -2.07. The number of rotatable bonds is 8. The smallest absolute Gasteiger partial charge is 0.165 e. The van der Waals surface area contributed by atoms with Crippen LogP contribution in [0.1, 0.15) is 32.0 Å². The number of ether oxygens (including phenoxy) is 1. The topological polar surface area (TPSA) is 52.8 Å². The lowest BCUT2D eigenvalue weighted by molar-refractivity contribution is 0.125. The van der Waals surface area contributed by atoms with E-state index in [4.69, 9.17) is 16.3 Å². The second-order valence-electron chi connectivity index (χ2n) is 3.27. The number of aromatic nitrogens is 4. The van der Waals surface area contributed by atoms with Gasteiger partial charge in [0, 0.05) is 19.8 Å². The lowest BCUT2D eigenvalue weighted by Gasteiger charge is -2.03. The molecule has 1 aromatic heterocycles. The molecule has 5 nitrogen and oxygen atoms in total. The Balaban J connectivity index is 2.09. The van der Waals surface area contributed by atoms with Crippen LogP contribution < -0.4 is 0 Å². The summed E-state index contributed by atoms with van der Waals surface area (Å²) in [5.41, 5.74) is 0. The molecule has 0 fully saturated rings. The minimum atomic E-state index is 0.351. The summed E-state index contributed by atoms with van der Waals surface area (Å²) in [4.78, 5) is 0. The van der Waals surface area contributed by atoms with Crippen LogP contribution in [0.3, 0.4) is 0 Å². The summed E-state index contributed by atoms with van der Waals surface area (Å²) < 4.78 is 7.15. The van der Waals surface area contributed by atoms with Gasteiger partial charge in [0.1, 0.15) is 0 Å². The molecule has 15 heavy (non-hydrogen) atoms. The van der Waals surface area contributed by atoms with E-state index in [2.05, 4.69) is 22.4 Å². The van der Waals surface area contributed by atoms with Crippen LogP contribution in [0.5, 0.6) is 0 Å². The number of aryl methyl sites for hydroxylation is 1. The summed E-state index contributed by atoms with van der Waals surface area (Å²) in [5, 5.41) is 11.2. The van der Waals surface area contributed by atoms with Crippen molar-refractivity contribution in [3.05, 3.63) is 5.82 Å². The van der Waals surface area contributed by atoms with Gasteiger partial charge in [0.05, 0.1) is 5.88 Å². The van der Waals surface area contributed by atoms with Crippen molar-refractivity contribution in [1.82, 2.24) is 20.2 Å². The van der Waals surface area contributed by atoms with E-state index in [1.54, 1.807) is 4.68 Å². The molecule has 0 spiro atoms. The van der Waals surface area contributed by atoms with Crippen molar-refractivity contribution in [3.63, 3.8) is 0 Å². The van der Waals surface area contributed by atoms with Crippen LogP contribution in [-0.2, 0) is 17.2 Å². The number of nitrogens with zero attached hydrogens (tertiary/aromatic N) is 4. The first-order valence-electron chi connectivity index (χ1n) is 5.27.